The molecular formula is C15H17FN2O. The summed E-state index contributed by atoms with van der Waals surface area (Å²) < 4.78 is 15.4. The molecule has 0 saturated carbocycles. The molecular weight excluding hydrogens is 243 g/mol. The lowest BCUT2D eigenvalue weighted by Crippen LogP contribution is -2.12. The van der Waals surface area contributed by atoms with E-state index >= 15 is 0 Å². The van der Waals surface area contributed by atoms with Gasteiger partial charge in [-0.05, 0) is 38.5 Å². The Balaban J connectivity index is 2.49. The van der Waals surface area contributed by atoms with Crippen LogP contribution in [0.25, 0.3) is 0 Å². The van der Waals surface area contributed by atoms with Gasteiger partial charge in [0.2, 0.25) is 5.78 Å². The lowest BCUT2D eigenvalue weighted by Gasteiger charge is -2.05. The Morgan fingerprint density at radius 3 is 2.68 bits per heavy atom. The molecule has 0 saturated heterocycles. The summed E-state index contributed by atoms with van der Waals surface area (Å²) >= 11 is 0. The van der Waals surface area contributed by atoms with Crippen LogP contribution in [0.4, 0.5) is 4.39 Å². The average molecular weight is 260 g/mol. The van der Waals surface area contributed by atoms with E-state index in [1.54, 1.807) is 22.9 Å². The molecule has 0 aliphatic heterocycles. The number of carbonyl (C=O) groups is 1. The summed E-state index contributed by atoms with van der Waals surface area (Å²) in [6.45, 7) is 6.32. The van der Waals surface area contributed by atoms with Gasteiger partial charge in [0, 0.05) is 6.54 Å². The van der Waals surface area contributed by atoms with E-state index in [0.29, 0.717) is 12.2 Å². The monoisotopic (exact) mass is 260 g/mol. The molecule has 0 unspecified atom stereocenters. The maximum absolute atomic E-state index is 13.8. The van der Waals surface area contributed by atoms with E-state index in [1.165, 1.54) is 6.07 Å². The van der Waals surface area contributed by atoms with Crippen LogP contribution < -0.4 is 0 Å². The van der Waals surface area contributed by atoms with Crippen molar-refractivity contribution in [3.05, 3.63) is 52.6 Å². The molecule has 1 aromatic carbocycles. The molecule has 2 rings (SSSR count). The van der Waals surface area contributed by atoms with Crippen LogP contribution in [-0.4, -0.2) is 15.6 Å². The second-order valence-corrected chi connectivity index (χ2v) is 4.50. The molecule has 19 heavy (non-hydrogen) atoms. The van der Waals surface area contributed by atoms with Crippen LogP contribution in [0.2, 0.25) is 0 Å². The summed E-state index contributed by atoms with van der Waals surface area (Å²) in [5.41, 5.74) is 2.27. The number of carbonyl (C=O) groups excluding carboxylic acids is 1. The van der Waals surface area contributed by atoms with E-state index in [9.17, 15) is 9.18 Å². The van der Waals surface area contributed by atoms with Crippen molar-refractivity contribution in [3.8, 4) is 0 Å². The van der Waals surface area contributed by atoms with Crippen LogP contribution in [0, 0.1) is 12.7 Å². The van der Waals surface area contributed by atoms with Crippen molar-refractivity contribution in [1.29, 1.82) is 0 Å². The Bertz CT molecular complexity index is 617. The average Bonchev–Trinajstić information content (AvgIpc) is 2.84. The number of hydrogen-bond acceptors (Lipinski definition) is 2. The van der Waals surface area contributed by atoms with E-state index in [1.807, 2.05) is 20.8 Å². The molecule has 2 aromatic rings. The molecule has 0 radical (unpaired) electrons. The van der Waals surface area contributed by atoms with E-state index < -0.39 is 5.82 Å². The zero-order chi connectivity index (χ0) is 14.0. The van der Waals surface area contributed by atoms with Crippen LogP contribution in [0.5, 0.6) is 0 Å². The van der Waals surface area contributed by atoms with Crippen molar-refractivity contribution in [2.24, 2.45) is 0 Å². The Labute approximate surface area is 112 Å². The number of halogens is 1. The van der Waals surface area contributed by atoms with Gasteiger partial charge in [0.05, 0.1) is 11.3 Å². The van der Waals surface area contributed by atoms with Gasteiger partial charge < -0.3 is 0 Å². The van der Waals surface area contributed by atoms with Crippen LogP contribution in [0.1, 0.15) is 41.2 Å². The quantitative estimate of drug-likeness (QED) is 0.791. The largest absolute Gasteiger partial charge is 0.287 e. The van der Waals surface area contributed by atoms with E-state index in [0.717, 1.165) is 17.7 Å². The maximum atomic E-state index is 13.8. The summed E-state index contributed by atoms with van der Waals surface area (Å²) in [6, 6.07) is 6.31. The molecule has 4 heteroatoms. The van der Waals surface area contributed by atoms with E-state index in [2.05, 4.69) is 5.10 Å². The molecule has 1 heterocycles. The minimum Gasteiger partial charge on any atom is -0.287 e. The Morgan fingerprint density at radius 2 is 2.05 bits per heavy atom. The third-order valence-electron chi connectivity index (χ3n) is 3.09. The van der Waals surface area contributed by atoms with Crippen LogP contribution in [0.15, 0.2) is 24.3 Å². The van der Waals surface area contributed by atoms with Crippen molar-refractivity contribution in [2.45, 2.75) is 33.7 Å². The third-order valence-corrected chi connectivity index (χ3v) is 3.09. The molecule has 100 valence electrons. The van der Waals surface area contributed by atoms with Crippen molar-refractivity contribution in [3.63, 3.8) is 0 Å². The maximum Gasteiger partial charge on any atom is 0.213 e. The van der Waals surface area contributed by atoms with Gasteiger partial charge >= 0.3 is 0 Å². The van der Waals surface area contributed by atoms with Crippen LogP contribution in [-0.2, 0) is 13.0 Å². The van der Waals surface area contributed by atoms with Crippen LogP contribution >= 0.6 is 0 Å². The second-order valence-electron chi connectivity index (χ2n) is 4.50. The third kappa shape index (κ3) is 2.57. The molecule has 0 spiro atoms. The molecule has 3 nitrogen and oxygen atoms in total. The van der Waals surface area contributed by atoms with Gasteiger partial charge in [-0.1, -0.05) is 18.6 Å². The first-order chi connectivity index (χ1) is 9.06. The molecule has 1 aromatic heterocycles. The van der Waals surface area contributed by atoms with Gasteiger partial charge in [0.1, 0.15) is 11.5 Å². The van der Waals surface area contributed by atoms with Gasteiger partial charge in [-0.2, -0.15) is 5.10 Å². The van der Waals surface area contributed by atoms with Gasteiger partial charge in [-0.3, -0.25) is 9.48 Å². The van der Waals surface area contributed by atoms with Crippen LogP contribution in [0.3, 0.4) is 0 Å². The van der Waals surface area contributed by atoms with E-state index in [-0.39, 0.29) is 11.3 Å². The molecule has 0 bridgehead atoms. The Kier molecular flexibility index (Phi) is 3.79. The fourth-order valence-electron chi connectivity index (χ4n) is 2.02. The normalized spacial score (nSPS) is 10.7. The predicted octanol–water partition coefficient (Wildman–Crippen LogP) is 3.14. The number of aromatic nitrogens is 2. The first kappa shape index (κ1) is 13.5. The molecule has 0 amide bonds. The number of benzene rings is 1. The minimum atomic E-state index is -0.488. The van der Waals surface area contributed by atoms with Crippen molar-refractivity contribution in [1.82, 2.24) is 9.78 Å². The standard InChI is InChI=1S/C15H17FN2O/c1-4-11-9-14(18(5-2)17-11)15(19)12-8-10(3)6-7-13(12)16/h6-9H,4-5H2,1-3H3. The first-order valence-electron chi connectivity index (χ1n) is 6.44. The fourth-order valence-corrected chi connectivity index (χ4v) is 2.02. The summed E-state index contributed by atoms with van der Waals surface area (Å²) in [6.07, 6.45) is 0.754. The first-order valence-corrected chi connectivity index (χ1v) is 6.44. The van der Waals surface area contributed by atoms with Gasteiger partial charge in [0.15, 0.2) is 0 Å². The number of hydrogen-bond donors (Lipinski definition) is 0. The zero-order valence-electron chi connectivity index (χ0n) is 11.4. The molecule has 0 fully saturated rings. The number of ketones is 1. The van der Waals surface area contributed by atoms with Crippen molar-refractivity contribution in [2.75, 3.05) is 0 Å². The highest BCUT2D eigenvalue weighted by molar-refractivity contribution is 6.08. The highest BCUT2D eigenvalue weighted by Gasteiger charge is 2.19. The highest BCUT2D eigenvalue weighted by atomic mass is 19.1. The molecule has 0 aliphatic carbocycles. The summed E-state index contributed by atoms with van der Waals surface area (Å²) in [5.74, 6) is -0.798. The SMILES string of the molecule is CCc1cc(C(=O)c2cc(C)ccc2F)n(CC)n1. The topological polar surface area (TPSA) is 34.9 Å². The Morgan fingerprint density at radius 1 is 1.32 bits per heavy atom. The summed E-state index contributed by atoms with van der Waals surface area (Å²) in [5, 5.41) is 4.32. The van der Waals surface area contributed by atoms with Gasteiger partial charge in [0.25, 0.3) is 0 Å². The summed E-state index contributed by atoms with van der Waals surface area (Å²) in [4.78, 5) is 12.4. The van der Waals surface area contributed by atoms with Crippen molar-refractivity contribution >= 4 is 5.78 Å². The molecule has 0 N–H and O–H groups in total. The van der Waals surface area contributed by atoms with Gasteiger partial charge in [-0.15, -0.1) is 0 Å². The zero-order valence-corrected chi connectivity index (χ0v) is 11.4. The lowest BCUT2D eigenvalue weighted by molar-refractivity contribution is 0.102. The minimum absolute atomic E-state index is 0.109. The van der Waals surface area contributed by atoms with Crippen molar-refractivity contribution < 1.29 is 9.18 Å². The van der Waals surface area contributed by atoms with E-state index in [4.69, 9.17) is 0 Å². The number of rotatable bonds is 4. The van der Waals surface area contributed by atoms with Gasteiger partial charge in [-0.25, -0.2) is 4.39 Å². The summed E-state index contributed by atoms with van der Waals surface area (Å²) in [7, 11) is 0. The number of aryl methyl sites for hydroxylation is 3. The smallest absolute Gasteiger partial charge is 0.213 e. The predicted molar refractivity (Wildman–Crippen MR) is 71.8 cm³/mol. The molecule has 0 aliphatic rings. The number of nitrogens with zero attached hydrogens (tertiary/aromatic N) is 2. The fraction of sp³-hybridized carbons (Fsp3) is 0.333. The second kappa shape index (κ2) is 5.34. The molecule has 0 atom stereocenters. The highest BCUT2D eigenvalue weighted by Crippen LogP contribution is 2.16. The lowest BCUT2D eigenvalue weighted by atomic mass is 10.0. The Hall–Kier alpha value is -1.97.